The van der Waals surface area contributed by atoms with Crippen molar-refractivity contribution in [2.75, 3.05) is 5.32 Å². The molecule has 6 nitrogen and oxygen atoms in total. The van der Waals surface area contributed by atoms with Crippen LogP contribution in [0.25, 0.3) is 0 Å². The van der Waals surface area contributed by atoms with Crippen LogP contribution in [0.4, 0.5) is 14.5 Å². The number of carbonyl (C=O) groups excluding carboxylic acids is 3. The van der Waals surface area contributed by atoms with E-state index in [2.05, 4.69) is 10.3 Å². The van der Waals surface area contributed by atoms with E-state index in [-0.39, 0.29) is 42.3 Å². The quantitative estimate of drug-likeness (QED) is 0.542. The molecule has 0 saturated heterocycles. The number of hydrogen-bond acceptors (Lipinski definition) is 4. The first-order chi connectivity index (χ1) is 15.2. The second-order valence-electron chi connectivity index (χ2n) is 7.30. The molecule has 170 valence electrons. The number of rotatable bonds is 5. The number of aryl methyl sites for hydroxylation is 1. The van der Waals surface area contributed by atoms with Crippen LogP contribution in [0.2, 0.25) is 5.02 Å². The van der Waals surface area contributed by atoms with Crippen LogP contribution in [-0.4, -0.2) is 33.6 Å². The zero-order valence-electron chi connectivity index (χ0n) is 17.2. The van der Waals surface area contributed by atoms with E-state index in [1.165, 1.54) is 24.4 Å². The van der Waals surface area contributed by atoms with Gasteiger partial charge in [0.15, 0.2) is 0 Å². The number of imide groups is 1. The van der Waals surface area contributed by atoms with Crippen LogP contribution in [0.5, 0.6) is 0 Å². The molecule has 1 aliphatic rings. The Kier molecular flexibility index (Phi) is 7.14. The minimum absolute atomic E-state index is 0. The average molecular weight is 490 g/mol. The molecule has 0 bridgehead atoms. The van der Waals surface area contributed by atoms with Crippen LogP contribution in [0.3, 0.4) is 0 Å². The maximum atomic E-state index is 13.7. The number of anilines is 1. The van der Waals surface area contributed by atoms with Gasteiger partial charge in [-0.05, 0) is 42.8 Å². The Labute approximate surface area is 200 Å². The van der Waals surface area contributed by atoms with E-state index in [1.807, 2.05) is 0 Å². The van der Waals surface area contributed by atoms with Gasteiger partial charge in [-0.25, -0.2) is 8.78 Å². The van der Waals surface area contributed by atoms with Crippen molar-refractivity contribution in [3.63, 3.8) is 0 Å². The van der Waals surface area contributed by atoms with Gasteiger partial charge in [0, 0.05) is 12.5 Å². The van der Waals surface area contributed by atoms with Gasteiger partial charge in [0.1, 0.15) is 17.7 Å². The fraction of sp³-hybridized carbons (Fsp3) is 0.130. The third kappa shape index (κ3) is 4.89. The van der Waals surface area contributed by atoms with Gasteiger partial charge in [-0.2, -0.15) is 13.5 Å². The average Bonchev–Trinajstić information content (AvgIpc) is 2.99. The highest BCUT2D eigenvalue weighted by Crippen LogP contribution is 2.27. The molecule has 0 unspecified atom stereocenters. The molecule has 10 heteroatoms. The number of benzene rings is 2. The fourth-order valence-electron chi connectivity index (χ4n) is 3.54. The van der Waals surface area contributed by atoms with Gasteiger partial charge >= 0.3 is 0 Å². The molecule has 2 heterocycles. The molecule has 1 atom stereocenters. The largest absolute Gasteiger partial charge is 0.323 e. The lowest BCUT2D eigenvalue weighted by Crippen LogP contribution is -2.48. The summed E-state index contributed by atoms with van der Waals surface area (Å²) in [5.74, 6) is -3.73. The summed E-state index contributed by atoms with van der Waals surface area (Å²) in [5, 5.41) is 2.90. The molecule has 0 fully saturated rings. The van der Waals surface area contributed by atoms with Gasteiger partial charge in [-0.1, -0.05) is 23.7 Å². The number of nitrogens with zero attached hydrogens (tertiary/aromatic N) is 2. The van der Waals surface area contributed by atoms with Crippen molar-refractivity contribution in [2.24, 2.45) is 0 Å². The Balaban J connectivity index is 0.00000306. The Morgan fingerprint density at radius 3 is 2.18 bits per heavy atom. The summed E-state index contributed by atoms with van der Waals surface area (Å²) in [5.41, 5.74) is 1.22. The second kappa shape index (κ2) is 9.68. The summed E-state index contributed by atoms with van der Waals surface area (Å²) < 4.78 is 27.5. The molecule has 1 aliphatic heterocycles. The molecular formula is C23H18ClF2N3O3S. The summed E-state index contributed by atoms with van der Waals surface area (Å²) in [6, 6.07) is 9.06. The minimum Gasteiger partial charge on any atom is -0.323 e. The highest BCUT2D eigenvalue weighted by atomic mass is 35.5. The standard InChI is InChI=1S/C23H16ClF2N3O3.H2S/c1-12-19(24)10-16(11-27-12)28-21(30)20(8-13-6-14(25)9-15(26)7-13)29-22(31)17-4-2-3-5-18(17)23(29)32;/h2-7,9-11,20H,8H2,1H3,(H,28,30);1H2/t20-;/m0./s1. The van der Waals surface area contributed by atoms with Crippen molar-refractivity contribution in [1.29, 1.82) is 0 Å². The van der Waals surface area contributed by atoms with Crippen molar-refractivity contribution in [1.82, 2.24) is 9.88 Å². The number of carbonyl (C=O) groups is 3. The summed E-state index contributed by atoms with van der Waals surface area (Å²) >= 11 is 6.06. The number of hydrogen-bond donors (Lipinski definition) is 1. The number of fused-ring (bicyclic) bond motifs is 1. The first kappa shape index (κ1) is 24.3. The van der Waals surface area contributed by atoms with Crippen LogP contribution in [-0.2, 0) is 11.2 Å². The first-order valence-electron chi connectivity index (χ1n) is 9.59. The summed E-state index contributed by atoms with van der Waals surface area (Å²) in [6.07, 6.45) is 1.08. The van der Waals surface area contributed by atoms with Crippen molar-refractivity contribution in [3.8, 4) is 0 Å². The third-order valence-electron chi connectivity index (χ3n) is 5.08. The van der Waals surface area contributed by atoms with Gasteiger partial charge < -0.3 is 5.32 Å². The number of halogens is 3. The second-order valence-corrected chi connectivity index (χ2v) is 7.71. The van der Waals surface area contributed by atoms with Crippen LogP contribution in [0.15, 0.2) is 54.7 Å². The minimum atomic E-state index is -1.37. The normalized spacial score (nSPS) is 13.4. The zero-order valence-corrected chi connectivity index (χ0v) is 19.0. The monoisotopic (exact) mass is 489 g/mol. The molecule has 3 amide bonds. The van der Waals surface area contributed by atoms with Gasteiger partial charge in [0.25, 0.3) is 11.8 Å². The van der Waals surface area contributed by atoms with E-state index < -0.39 is 35.4 Å². The molecule has 1 N–H and O–H groups in total. The van der Waals surface area contributed by atoms with E-state index in [0.717, 1.165) is 17.0 Å². The Morgan fingerprint density at radius 2 is 1.64 bits per heavy atom. The molecule has 4 rings (SSSR count). The number of amides is 3. The van der Waals surface area contributed by atoms with Crippen LogP contribution in [0, 0.1) is 18.6 Å². The number of nitrogens with one attached hydrogen (secondary N) is 1. The third-order valence-corrected chi connectivity index (χ3v) is 5.47. The molecule has 3 aromatic rings. The van der Waals surface area contributed by atoms with Gasteiger partial charge in [-0.15, -0.1) is 0 Å². The van der Waals surface area contributed by atoms with E-state index in [0.29, 0.717) is 16.8 Å². The predicted octanol–water partition coefficient (Wildman–Crippen LogP) is 4.28. The van der Waals surface area contributed by atoms with E-state index in [9.17, 15) is 23.2 Å². The molecule has 33 heavy (non-hydrogen) atoms. The summed E-state index contributed by atoms with van der Waals surface area (Å²) in [6.45, 7) is 1.69. The van der Waals surface area contributed by atoms with E-state index in [4.69, 9.17) is 11.6 Å². The van der Waals surface area contributed by atoms with Gasteiger partial charge in [-0.3, -0.25) is 24.3 Å². The topological polar surface area (TPSA) is 79.4 Å². The fourth-order valence-corrected chi connectivity index (χ4v) is 3.71. The Morgan fingerprint density at radius 1 is 1.06 bits per heavy atom. The molecule has 1 aromatic heterocycles. The highest BCUT2D eigenvalue weighted by molar-refractivity contribution is 7.59. The molecular weight excluding hydrogens is 472 g/mol. The smallest absolute Gasteiger partial charge is 0.262 e. The Hall–Kier alpha value is -3.30. The SMILES string of the molecule is Cc1ncc(NC(=O)[C@H](Cc2cc(F)cc(F)c2)N2C(=O)c3ccccc3C2=O)cc1Cl.S. The Bertz CT molecular complexity index is 1220. The van der Waals surface area contributed by atoms with Gasteiger partial charge in [0.05, 0.1) is 33.7 Å². The van der Waals surface area contributed by atoms with Crippen LogP contribution in [0.1, 0.15) is 32.0 Å². The maximum absolute atomic E-state index is 13.7. The zero-order chi connectivity index (χ0) is 23.0. The molecule has 2 aromatic carbocycles. The summed E-state index contributed by atoms with van der Waals surface area (Å²) in [7, 11) is 0. The lowest BCUT2D eigenvalue weighted by atomic mass is 10.0. The van der Waals surface area contributed by atoms with Crippen molar-refractivity contribution >= 4 is 48.5 Å². The first-order valence-corrected chi connectivity index (χ1v) is 9.97. The molecule has 0 spiro atoms. The lowest BCUT2D eigenvalue weighted by Gasteiger charge is -2.25. The highest BCUT2D eigenvalue weighted by Gasteiger charge is 2.42. The van der Waals surface area contributed by atoms with E-state index in [1.54, 1.807) is 19.1 Å². The summed E-state index contributed by atoms with van der Waals surface area (Å²) in [4.78, 5) is 44.0. The van der Waals surface area contributed by atoms with Gasteiger partial charge in [0.2, 0.25) is 5.91 Å². The lowest BCUT2D eigenvalue weighted by molar-refractivity contribution is -0.119. The molecule has 0 saturated carbocycles. The number of pyridine rings is 1. The molecule has 0 radical (unpaired) electrons. The van der Waals surface area contributed by atoms with E-state index >= 15 is 0 Å². The van der Waals surface area contributed by atoms with Crippen molar-refractivity contribution in [3.05, 3.63) is 93.8 Å². The van der Waals surface area contributed by atoms with Crippen LogP contribution >= 0.6 is 25.1 Å². The molecule has 0 aliphatic carbocycles. The van der Waals surface area contributed by atoms with Crippen LogP contribution < -0.4 is 5.32 Å². The predicted molar refractivity (Wildman–Crippen MR) is 124 cm³/mol. The number of aromatic nitrogens is 1. The van der Waals surface area contributed by atoms with Crippen molar-refractivity contribution < 1.29 is 23.2 Å². The maximum Gasteiger partial charge on any atom is 0.262 e. The van der Waals surface area contributed by atoms with Crippen molar-refractivity contribution in [2.45, 2.75) is 19.4 Å².